The minimum Gasteiger partial charge on any atom is -0.482 e. The number of sulfonamides is 1. The second kappa shape index (κ2) is 9.10. The number of carbonyl (C=O) groups is 1. The van der Waals surface area contributed by atoms with Crippen LogP contribution >= 0.6 is 11.6 Å². The van der Waals surface area contributed by atoms with Crippen LogP contribution in [0.25, 0.3) is 0 Å². The number of amides is 1. The molecule has 1 rings (SSSR count). The van der Waals surface area contributed by atoms with Crippen molar-refractivity contribution in [1.29, 1.82) is 0 Å². The van der Waals surface area contributed by atoms with Crippen LogP contribution in [0.5, 0.6) is 5.75 Å². The van der Waals surface area contributed by atoms with E-state index in [4.69, 9.17) is 16.3 Å². The lowest BCUT2D eigenvalue weighted by Crippen LogP contribution is -2.35. The van der Waals surface area contributed by atoms with Gasteiger partial charge in [0.25, 0.3) is 5.91 Å². The van der Waals surface area contributed by atoms with Crippen molar-refractivity contribution in [3.63, 3.8) is 0 Å². The number of halogens is 1. The molecule has 0 radical (unpaired) electrons. The molecule has 0 aliphatic rings. The Morgan fingerprint density at radius 2 is 2.04 bits per heavy atom. The van der Waals surface area contributed by atoms with Crippen LogP contribution in [0.15, 0.2) is 23.1 Å². The van der Waals surface area contributed by atoms with Gasteiger partial charge >= 0.3 is 0 Å². The molecule has 2 N–H and O–H groups in total. The molecule has 0 heterocycles. The van der Waals surface area contributed by atoms with Crippen molar-refractivity contribution >= 4 is 27.5 Å². The maximum atomic E-state index is 12.0. The second-order valence-electron chi connectivity index (χ2n) is 5.16. The van der Waals surface area contributed by atoms with Crippen LogP contribution in [0.4, 0.5) is 0 Å². The first-order chi connectivity index (χ1) is 10.8. The zero-order valence-corrected chi connectivity index (χ0v) is 15.1. The molecular formula is C15H23ClN2O4S. The summed E-state index contributed by atoms with van der Waals surface area (Å²) in [6, 6.07) is 4.21. The molecule has 8 heteroatoms. The molecule has 0 saturated heterocycles. The molecule has 0 unspecified atom stereocenters. The van der Waals surface area contributed by atoms with Crippen LogP contribution < -0.4 is 14.8 Å². The van der Waals surface area contributed by atoms with Crippen LogP contribution in [-0.2, 0) is 14.8 Å². The summed E-state index contributed by atoms with van der Waals surface area (Å²) in [5, 5.41) is 2.90. The molecule has 0 fully saturated rings. The largest absolute Gasteiger partial charge is 0.482 e. The lowest BCUT2D eigenvalue weighted by molar-refractivity contribution is -0.123. The minimum absolute atomic E-state index is 0.0624. The molecule has 0 aliphatic carbocycles. The van der Waals surface area contributed by atoms with Gasteiger partial charge in [-0.05, 0) is 38.0 Å². The van der Waals surface area contributed by atoms with Gasteiger partial charge in [-0.3, -0.25) is 4.79 Å². The topological polar surface area (TPSA) is 84.5 Å². The molecule has 0 aromatic heterocycles. The number of hydrogen-bond donors (Lipinski definition) is 2. The van der Waals surface area contributed by atoms with Gasteiger partial charge in [0.1, 0.15) is 5.75 Å². The number of carbonyl (C=O) groups excluding carboxylic acids is 1. The Labute approximate surface area is 142 Å². The highest BCUT2D eigenvalue weighted by Crippen LogP contribution is 2.27. The Balaban J connectivity index is 2.72. The van der Waals surface area contributed by atoms with Gasteiger partial charge in [-0.2, -0.15) is 0 Å². The summed E-state index contributed by atoms with van der Waals surface area (Å²) in [5.74, 6) is 0.0112. The van der Waals surface area contributed by atoms with Gasteiger partial charge in [-0.25, -0.2) is 13.1 Å². The van der Waals surface area contributed by atoms with Gasteiger partial charge in [0.2, 0.25) is 10.0 Å². The fourth-order valence-electron chi connectivity index (χ4n) is 1.65. The number of nitrogens with one attached hydrogen (secondary N) is 2. The third-order valence-corrected chi connectivity index (χ3v) is 4.89. The lowest BCUT2D eigenvalue weighted by Gasteiger charge is -2.13. The SMILES string of the molecule is CCCNS(=O)(=O)c1ccc(OCC(=O)N[C@H](C)CC)c(Cl)c1. The van der Waals surface area contributed by atoms with E-state index in [2.05, 4.69) is 10.0 Å². The summed E-state index contributed by atoms with van der Waals surface area (Å²) in [5.41, 5.74) is 0. The standard InChI is InChI=1S/C15H23ClN2O4S/c1-4-8-17-23(20,21)12-6-7-14(13(16)9-12)22-10-15(19)18-11(3)5-2/h6-7,9,11,17H,4-5,8,10H2,1-3H3,(H,18,19)/t11-/m1/s1. The summed E-state index contributed by atoms with van der Waals surface area (Å²) in [4.78, 5) is 11.7. The highest BCUT2D eigenvalue weighted by molar-refractivity contribution is 7.89. The number of rotatable bonds is 9. The van der Waals surface area contributed by atoms with Crippen LogP contribution in [0.2, 0.25) is 5.02 Å². The van der Waals surface area contributed by atoms with Gasteiger partial charge in [0, 0.05) is 12.6 Å². The normalized spacial score (nSPS) is 12.7. The fraction of sp³-hybridized carbons (Fsp3) is 0.533. The first kappa shape index (κ1) is 19.7. The molecule has 1 amide bonds. The average molecular weight is 363 g/mol. The summed E-state index contributed by atoms with van der Waals surface area (Å²) in [6.45, 7) is 5.91. The lowest BCUT2D eigenvalue weighted by atomic mass is 10.2. The van der Waals surface area contributed by atoms with Crippen molar-refractivity contribution in [2.45, 2.75) is 44.6 Å². The number of ether oxygens (including phenoxy) is 1. The summed E-state index contributed by atoms with van der Waals surface area (Å²) in [6.07, 6.45) is 1.52. The molecule has 1 aromatic rings. The molecule has 1 atom stereocenters. The molecule has 0 saturated carbocycles. The highest BCUT2D eigenvalue weighted by atomic mass is 35.5. The molecule has 6 nitrogen and oxygen atoms in total. The number of hydrogen-bond acceptors (Lipinski definition) is 4. The minimum atomic E-state index is -3.58. The van der Waals surface area contributed by atoms with Crippen molar-refractivity contribution in [1.82, 2.24) is 10.0 Å². The van der Waals surface area contributed by atoms with E-state index in [1.54, 1.807) is 0 Å². The molecule has 0 aliphatic heterocycles. The van der Waals surface area contributed by atoms with E-state index in [1.807, 2.05) is 20.8 Å². The van der Waals surface area contributed by atoms with Gasteiger partial charge in [0.05, 0.1) is 9.92 Å². The quantitative estimate of drug-likeness (QED) is 0.706. The summed E-state index contributed by atoms with van der Waals surface area (Å²) in [7, 11) is -3.58. The van der Waals surface area contributed by atoms with Gasteiger partial charge in [-0.1, -0.05) is 25.4 Å². The van der Waals surface area contributed by atoms with E-state index in [1.165, 1.54) is 18.2 Å². The number of benzene rings is 1. The third kappa shape index (κ3) is 6.37. The third-order valence-electron chi connectivity index (χ3n) is 3.13. The van der Waals surface area contributed by atoms with E-state index >= 15 is 0 Å². The Morgan fingerprint density at radius 1 is 1.35 bits per heavy atom. The molecule has 130 valence electrons. The van der Waals surface area contributed by atoms with Gasteiger partial charge in [0.15, 0.2) is 6.61 Å². The average Bonchev–Trinajstić information content (AvgIpc) is 2.51. The van der Waals surface area contributed by atoms with Crippen molar-refractivity contribution < 1.29 is 17.9 Å². The Bertz CT molecular complexity index is 634. The van der Waals surface area contributed by atoms with Crippen LogP contribution in [0, 0.1) is 0 Å². The predicted molar refractivity (Wildman–Crippen MR) is 90.3 cm³/mol. The summed E-state index contributed by atoms with van der Waals surface area (Å²) < 4.78 is 31.8. The maximum Gasteiger partial charge on any atom is 0.258 e. The zero-order valence-electron chi connectivity index (χ0n) is 13.6. The van der Waals surface area contributed by atoms with Gasteiger partial charge < -0.3 is 10.1 Å². The van der Waals surface area contributed by atoms with Crippen molar-refractivity contribution in [2.24, 2.45) is 0 Å². The van der Waals surface area contributed by atoms with Crippen LogP contribution in [0.3, 0.4) is 0 Å². The first-order valence-corrected chi connectivity index (χ1v) is 9.37. The van der Waals surface area contributed by atoms with E-state index < -0.39 is 10.0 Å². The second-order valence-corrected chi connectivity index (χ2v) is 7.33. The van der Waals surface area contributed by atoms with E-state index in [0.717, 1.165) is 6.42 Å². The van der Waals surface area contributed by atoms with Crippen molar-refractivity contribution in [3.05, 3.63) is 23.2 Å². The van der Waals surface area contributed by atoms with Crippen molar-refractivity contribution in [3.8, 4) is 5.75 Å². The highest BCUT2D eigenvalue weighted by Gasteiger charge is 2.16. The zero-order chi connectivity index (χ0) is 17.5. The van der Waals surface area contributed by atoms with Crippen LogP contribution in [-0.4, -0.2) is 33.5 Å². The first-order valence-electron chi connectivity index (χ1n) is 7.51. The smallest absolute Gasteiger partial charge is 0.258 e. The van der Waals surface area contributed by atoms with E-state index in [9.17, 15) is 13.2 Å². The summed E-state index contributed by atoms with van der Waals surface area (Å²) >= 11 is 6.04. The molecule has 1 aromatic carbocycles. The molecule has 23 heavy (non-hydrogen) atoms. The Kier molecular flexibility index (Phi) is 7.81. The van der Waals surface area contributed by atoms with E-state index in [-0.39, 0.29) is 34.2 Å². The Hall–Kier alpha value is -1.31. The predicted octanol–water partition coefficient (Wildman–Crippen LogP) is 2.32. The van der Waals surface area contributed by atoms with Crippen LogP contribution in [0.1, 0.15) is 33.6 Å². The molecule has 0 spiro atoms. The Morgan fingerprint density at radius 3 is 2.61 bits per heavy atom. The van der Waals surface area contributed by atoms with Crippen molar-refractivity contribution in [2.75, 3.05) is 13.2 Å². The molecule has 0 bridgehead atoms. The maximum absolute atomic E-state index is 12.0. The monoisotopic (exact) mass is 362 g/mol. The molecular weight excluding hydrogens is 340 g/mol. The van der Waals surface area contributed by atoms with E-state index in [0.29, 0.717) is 13.0 Å². The fourth-order valence-corrected chi connectivity index (χ4v) is 3.11. The van der Waals surface area contributed by atoms with Gasteiger partial charge in [-0.15, -0.1) is 0 Å².